The van der Waals surface area contributed by atoms with E-state index in [-0.39, 0.29) is 51.3 Å². The lowest BCUT2D eigenvalue weighted by Crippen LogP contribution is -2.67. The van der Waals surface area contributed by atoms with E-state index < -0.39 is 51.1 Å². The highest BCUT2D eigenvalue weighted by molar-refractivity contribution is 6.99. The molecule has 6 atom stereocenters. The third-order valence-electron chi connectivity index (χ3n) is 12.8. The van der Waals surface area contributed by atoms with Crippen LogP contribution in [-0.4, -0.2) is 71.4 Å². The van der Waals surface area contributed by atoms with Crippen molar-refractivity contribution in [2.75, 3.05) is 20.3 Å². The zero-order valence-corrected chi connectivity index (χ0v) is 42.6. The maximum atomic E-state index is 14.6. The third kappa shape index (κ3) is 13.8. The lowest BCUT2D eigenvalue weighted by atomic mass is 9.97. The fourth-order valence-corrected chi connectivity index (χ4v) is 13.6. The van der Waals surface area contributed by atoms with E-state index in [0.29, 0.717) is 0 Å². The highest BCUT2D eigenvalue weighted by Crippen LogP contribution is 2.37. The zero-order valence-electron chi connectivity index (χ0n) is 41.6. The molecule has 10 nitrogen and oxygen atoms in total. The van der Waals surface area contributed by atoms with E-state index in [1.54, 1.807) is 7.11 Å². The molecular formula is C61H66O10Si. The molecule has 0 amide bonds. The Kier molecular flexibility index (Phi) is 18.8. The van der Waals surface area contributed by atoms with Gasteiger partial charge in [-0.3, -0.25) is 0 Å². The summed E-state index contributed by atoms with van der Waals surface area (Å²) in [7, 11) is -1.39. The summed E-state index contributed by atoms with van der Waals surface area (Å²) in [6.45, 7) is 7.75. The quantitative estimate of drug-likeness (QED) is 0.0430. The minimum atomic E-state index is -3.03. The molecule has 374 valence electrons. The van der Waals surface area contributed by atoms with Crippen molar-refractivity contribution in [3.63, 3.8) is 0 Å². The first-order valence-electron chi connectivity index (χ1n) is 24.6. The SMILES string of the molecule is COc1ccc(CO[C@@H](CO[C@H]2O[C@H](C(=O)OCc3ccccc3)[C@@H](OCc3ccccc3)[C@H](OCc3ccccc3)[C@H]2OCc2ccccc2)CO[Si](c2ccccc2)(c2ccccc2)C(C)(C)C)cc1. The normalized spacial score (nSPS) is 18.5. The van der Waals surface area contributed by atoms with Gasteiger partial charge in [0, 0.05) is 0 Å². The summed E-state index contributed by atoms with van der Waals surface area (Å²) in [5, 5.41) is 1.98. The largest absolute Gasteiger partial charge is 0.497 e. The Morgan fingerprint density at radius 2 is 0.903 bits per heavy atom. The Hall–Kier alpha value is -6.25. The number of methoxy groups -OCH3 is 1. The Morgan fingerprint density at radius 3 is 1.36 bits per heavy atom. The number of ether oxygens (including phenoxy) is 8. The molecule has 0 spiro atoms. The number of rotatable bonds is 24. The molecule has 0 aliphatic carbocycles. The van der Waals surface area contributed by atoms with E-state index in [1.807, 2.05) is 158 Å². The highest BCUT2D eigenvalue weighted by atomic mass is 28.4. The second-order valence-corrected chi connectivity index (χ2v) is 23.2. The molecule has 1 aliphatic rings. The van der Waals surface area contributed by atoms with Crippen molar-refractivity contribution >= 4 is 24.7 Å². The predicted octanol–water partition coefficient (Wildman–Crippen LogP) is 10.4. The number of benzene rings is 7. The van der Waals surface area contributed by atoms with Gasteiger partial charge in [0.2, 0.25) is 0 Å². The summed E-state index contributed by atoms with van der Waals surface area (Å²) in [5.74, 6) is 0.124. The van der Waals surface area contributed by atoms with Crippen LogP contribution in [0.5, 0.6) is 5.75 Å². The summed E-state index contributed by atoms with van der Waals surface area (Å²) in [6, 6.07) is 67.9. The molecule has 1 heterocycles. The first-order chi connectivity index (χ1) is 35.2. The van der Waals surface area contributed by atoms with E-state index in [2.05, 4.69) is 69.3 Å². The van der Waals surface area contributed by atoms with E-state index in [4.69, 9.17) is 42.3 Å². The maximum Gasteiger partial charge on any atom is 0.338 e. The second-order valence-electron chi connectivity index (χ2n) is 18.9. The van der Waals surface area contributed by atoms with Gasteiger partial charge >= 0.3 is 5.97 Å². The molecule has 72 heavy (non-hydrogen) atoms. The van der Waals surface area contributed by atoms with Crippen LogP contribution in [0.25, 0.3) is 0 Å². The topological polar surface area (TPSA) is 100 Å². The van der Waals surface area contributed by atoms with Crippen LogP contribution in [-0.2, 0) is 75.4 Å². The molecule has 0 radical (unpaired) electrons. The Balaban J connectivity index is 1.16. The summed E-state index contributed by atoms with van der Waals surface area (Å²) >= 11 is 0. The second kappa shape index (κ2) is 25.9. The molecule has 0 N–H and O–H groups in total. The van der Waals surface area contributed by atoms with Crippen LogP contribution < -0.4 is 15.1 Å². The van der Waals surface area contributed by atoms with Crippen LogP contribution >= 0.6 is 0 Å². The van der Waals surface area contributed by atoms with E-state index in [9.17, 15) is 4.79 Å². The molecule has 11 heteroatoms. The van der Waals surface area contributed by atoms with Gasteiger partial charge in [-0.2, -0.15) is 0 Å². The first kappa shape index (κ1) is 52.1. The van der Waals surface area contributed by atoms with Gasteiger partial charge in [-0.05, 0) is 55.4 Å². The van der Waals surface area contributed by atoms with Gasteiger partial charge in [-0.15, -0.1) is 0 Å². The number of hydrogen-bond donors (Lipinski definition) is 0. The van der Waals surface area contributed by atoms with Gasteiger partial charge in [-0.25, -0.2) is 4.79 Å². The summed E-state index contributed by atoms with van der Waals surface area (Å²) in [5.41, 5.74) is 4.55. The van der Waals surface area contributed by atoms with Crippen LogP contribution in [0.3, 0.4) is 0 Å². The molecule has 7 aromatic carbocycles. The Morgan fingerprint density at radius 1 is 0.486 bits per heavy atom. The minimum Gasteiger partial charge on any atom is -0.497 e. The predicted molar refractivity (Wildman–Crippen MR) is 281 cm³/mol. The molecule has 1 fully saturated rings. The number of carbonyl (C=O) groups excluding carboxylic acids is 1. The monoisotopic (exact) mass is 986 g/mol. The molecule has 0 aromatic heterocycles. The lowest BCUT2D eigenvalue weighted by Gasteiger charge is -2.45. The fraction of sp³-hybridized carbons (Fsp3) is 0.295. The van der Waals surface area contributed by atoms with E-state index >= 15 is 0 Å². The average Bonchev–Trinajstić information content (AvgIpc) is 3.43. The van der Waals surface area contributed by atoms with Crippen molar-refractivity contribution in [3.05, 3.63) is 234 Å². The van der Waals surface area contributed by atoms with Gasteiger partial charge in [0.05, 0.1) is 46.8 Å². The van der Waals surface area contributed by atoms with Crippen LogP contribution in [0.1, 0.15) is 48.6 Å². The first-order valence-corrected chi connectivity index (χ1v) is 26.5. The van der Waals surface area contributed by atoms with Gasteiger partial charge in [0.1, 0.15) is 36.8 Å². The molecule has 8 rings (SSSR count). The zero-order chi connectivity index (χ0) is 50.0. The summed E-state index contributed by atoms with van der Waals surface area (Å²) in [4.78, 5) is 14.6. The number of esters is 1. The average molecular weight is 987 g/mol. The highest BCUT2D eigenvalue weighted by Gasteiger charge is 2.53. The lowest BCUT2D eigenvalue weighted by molar-refractivity contribution is -0.324. The Bertz CT molecular complexity index is 2600. The van der Waals surface area contributed by atoms with Gasteiger partial charge in [0.25, 0.3) is 8.32 Å². The Labute approximate surface area is 425 Å². The van der Waals surface area contributed by atoms with E-state index in [1.165, 1.54) is 0 Å². The number of carbonyl (C=O) groups is 1. The molecule has 0 bridgehead atoms. The molecule has 7 aromatic rings. The molecular weight excluding hydrogens is 921 g/mol. The van der Waals surface area contributed by atoms with Crippen molar-refractivity contribution < 1.29 is 47.1 Å². The fourth-order valence-electron chi connectivity index (χ4n) is 9.06. The van der Waals surface area contributed by atoms with Crippen molar-refractivity contribution in [1.82, 2.24) is 0 Å². The minimum absolute atomic E-state index is 0.00303. The molecule has 0 unspecified atom stereocenters. The maximum absolute atomic E-state index is 14.6. The van der Waals surface area contributed by atoms with E-state index in [0.717, 1.165) is 43.9 Å². The molecule has 1 aliphatic heterocycles. The third-order valence-corrected chi connectivity index (χ3v) is 17.8. The van der Waals surface area contributed by atoms with Crippen LogP contribution in [0, 0.1) is 0 Å². The van der Waals surface area contributed by atoms with Crippen molar-refractivity contribution in [1.29, 1.82) is 0 Å². The van der Waals surface area contributed by atoms with Crippen molar-refractivity contribution in [2.24, 2.45) is 0 Å². The standard InChI is InChI=1S/C61H66O10Si/c1-61(2,3)72(53-31-19-9-20-32-53,54-33-21-10-22-34-54)70-45-52(64-39-50-35-37-51(63-4)38-36-50)44-69-60-58(67-42-48-27-15-7-16-28-48)56(66-41-47-25-13-6-14-26-47)55(65-40-46-23-11-5-12-24-46)57(71-60)59(62)68-43-49-29-17-8-18-30-49/h5-38,52,55-58,60H,39-45H2,1-4H3/t52-,55-,56-,57-,58+,60-/m0/s1. The van der Waals surface area contributed by atoms with Gasteiger partial charge in [-0.1, -0.05) is 215 Å². The van der Waals surface area contributed by atoms with Crippen LogP contribution in [0.4, 0.5) is 0 Å². The summed E-state index contributed by atoms with van der Waals surface area (Å²) in [6.07, 6.45) is -5.87. The van der Waals surface area contributed by atoms with Crippen molar-refractivity contribution in [2.45, 2.75) is 95.7 Å². The summed E-state index contributed by atoms with van der Waals surface area (Å²) < 4.78 is 60.2. The van der Waals surface area contributed by atoms with Gasteiger partial charge in [0.15, 0.2) is 12.4 Å². The molecule has 1 saturated heterocycles. The number of hydrogen-bond acceptors (Lipinski definition) is 10. The van der Waals surface area contributed by atoms with Crippen molar-refractivity contribution in [3.8, 4) is 5.75 Å². The van der Waals surface area contributed by atoms with Gasteiger partial charge < -0.3 is 42.3 Å². The molecule has 0 saturated carbocycles. The van der Waals surface area contributed by atoms with Crippen LogP contribution in [0.15, 0.2) is 206 Å². The van der Waals surface area contributed by atoms with Crippen LogP contribution in [0.2, 0.25) is 5.04 Å². The smallest absolute Gasteiger partial charge is 0.338 e.